The van der Waals surface area contributed by atoms with Crippen molar-refractivity contribution in [2.45, 2.75) is 19.9 Å². The Kier molecular flexibility index (Phi) is 3.84. The van der Waals surface area contributed by atoms with E-state index in [1.165, 1.54) is 6.92 Å². The van der Waals surface area contributed by atoms with Crippen molar-refractivity contribution in [2.24, 2.45) is 0 Å². The van der Waals surface area contributed by atoms with E-state index in [4.69, 9.17) is 5.11 Å². The van der Waals surface area contributed by atoms with E-state index < -0.39 is 23.7 Å². The fraction of sp³-hybridized carbons (Fsp3) is 0.375. The van der Waals surface area contributed by atoms with Gasteiger partial charge in [-0.3, -0.25) is 9.59 Å². The highest BCUT2D eigenvalue weighted by Gasteiger charge is 2.24. The molecule has 0 spiro atoms. The predicted octanol–water partition coefficient (Wildman–Crippen LogP) is -0.279. The largest absolute Gasteiger partial charge is 0.479 e. The topological polar surface area (TPSA) is 83.5 Å². The molecule has 0 saturated carbocycles. The lowest BCUT2D eigenvalue weighted by Gasteiger charge is -2.10. The minimum atomic E-state index is -1.48. The summed E-state index contributed by atoms with van der Waals surface area (Å²) in [6, 6.07) is -1.48. The van der Waals surface area contributed by atoms with E-state index in [0.29, 0.717) is 0 Å². The SMILES string of the molecule is C=C(C)C(=O)NC(C(C)=O)C(=O)O. The minimum absolute atomic E-state index is 0.160. The van der Waals surface area contributed by atoms with Gasteiger partial charge in [0.05, 0.1) is 0 Å². The Morgan fingerprint density at radius 2 is 1.77 bits per heavy atom. The van der Waals surface area contributed by atoms with Crippen LogP contribution in [0.4, 0.5) is 0 Å². The summed E-state index contributed by atoms with van der Waals surface area (Å²) >= 11 is 0. The molecule has 0 radical (unpaired) electrons. The summed E-state index contributed by atoms with van der Waals surface area (Å²) in [5.41, 5.74) is 0.160. The first-order valence-corrected chi connectivity index (χ1v) is 3.56. The molecule has 0 aliphatic rings. The molecule has 0 aliphatic heterocycles. The molecule has 72 valence electrons. The van der Waals surface area contributed by atoms with Crippen LogP contribution in [0.1, 0.15) is 13.8 Å². The van der Waals surface area contributed by atoms with E-state index in [2.05, 4.69) is 6.58 Å². The summed E-state index contributed by atoms with van der Waals surface area (Å²) in [6.45, 7) is 5.83. The molecule has 5 nitrogen and oxygen atoms in total. The molecular weight excluding hydrogens is 174 g/mol. The highest BCUT2D eigenvalue weighted by Crippen LogP contribution is 1.91. The summed E-state index contributed by atoms with van der Waals surface area (Å²) < 4.78 is 0. The number of ketones is 1. The number of carboxylic acid groups (broad SMARTS) is 1. The average Bonchev–Trinajstić information content (AvgIpc) is 1.97. The lowest BCUT2D eigenvalue weighted by molar-refractivity contribution is -0.144. The number of carboxylic acids is 1. The third-order valence-electron chi connectivity index (χ3n) is 1.32. The smallest absolute Gasteiger partial charge is 0.334 e. The third-order valence-corrected chi connectivity index (χ3v) is 1.32. The van der Waals surface area contributed by atoms with Crippen LogP contribution in [0.25, 0.3) is 0 Å². The molecular formula is C8H11NO4. The summed E-state index contributed by atoms with van der Waals surface area (Å²) in [5.74, 6) is -2.63. The number of rotatable bonds is 4. The van der Waals surface area contributed by atoms with Crippen LogP contribution < -0.4 is 5.32 Å². The number of carbonyl (C=O) groups is 3. The summed E-state index contributed by atoms with van der Waals surface area (Å²) in [4.78, 5) is 32.1. The molecule has 0 rings (SSSR count). The quantitative estimate of drug-likeness (QED) is 0.466. The van der Waals surface area contributed by atoms with Crippen LogP contribution in [-0.2, 0) is 14.4 Å². The van der Waals surface area contributed by atoms with Gasteiger partial charge in [-0.15, -0.1) is 0 Å². The Balaban J connectivity index is 4.45. The van der Waals surface area contributed by atoms with Crippen LogP contribution in [0.15, 0.2) is 12.2 Å². The van der Waals surface area contributed by atoms with Gasteiger partial charge in [0.25, 0.3) is 0 Å². The number of nitrogens with one attached hydrogen (secondary N) is 1. The average molecular weight is 185 g/mol. The molecule has 0 aromatic rings. The van der Waals surface area contributed by atoms with Gasteiger partial charge in [0.1, 0.15) is 0 Å². The highest BCUT2D eigenvalue weighted by molar-refractivity contribution is 6.06. The van der Waals surface area contributed by atoms with Gasteiger partial charge in [-0.25, -0.2) is 4.79 Å². The number of Topliss-reactive ketones (excluding diaryl/α,β-unsaturated/α-hetero) is 1. The standard InChI is InChI=1S/C8H11NO4/c1-4(2)7(11)9-6(5(3)10)8(12)13/h6H,1H2,2-3H3,(H,9,11)(H,12,13). The second kappa shape index (κ2) is 4.39. The van der Waals surface area contributed by atoms with Crippen molar-refractivity contribution in [3.05, 3.63) is 12.2 Å². The first-order valence-electron chi connectivity index (χ1n) is 3.56. The van der Waals surface area contributed by atoms with Gasteiger partial charge < -0.3 is 10.4 Å². The fourth-order valence-corrected chi connectivity index (χ4v) is 0.592. The van der Waals surface area contributed by atoms with Gasteiger partial charge in [-0.2, -0.15) is 0 Å². The van der Waals surface area contributed by atoms with Crippen LogP contribution in [0.2, 0.25) is 0 Å². The second-order valence-corrected chi connectivity index (χ2v) is 2.64. The van der Waals surface area contributed by atoms with Gasteiger partial charge in [0.15, 0.2) is 11.8 Å². The van der Waals surface area contributed by atoms with Crippen LogP contribution >= 0.6 is 0 Å². The molecule has 1 unspecified atom stereocenters. The van der Waals surface area contributed by atoms with Gasteiger partial charge in [-0.1, -0.05) is 6.58 Å². The van der Waals surface area contributed by atoms with Crippen LogP contribution in [-0.4, -0.2) is 28.8 Å². The molecule has 0 heterocycles. The minimum Gasteiger partial charge on any atom is -0.479 e. The van der Waals surface area contributed by atoms with Gasteiger partial charge in [0, 0.05) is 5.57 Å². The number of carbonyl (C=O) groups excluding carboxylic acids is 2. The number of hydrogen-bond acceptors (Lipinski definition) is 3. The fourth-order valence-electron chi connectivity index (χ4n) is 0.592. The maximum absolute atomic E-state index is 10.9. The number of aliphatic carboxylic acids is 1. The molecule has 1 atom stereocenters. The van der Waals surface area contributed by atoms with Crippen molar-refractivity contribution >= 4 is 17.7 Å². The van der Waals surface area contributed by atoms with Gasteiger partial charge in [0.2, 0.25) is 5.91 Å². The first-order chi connectivity index (χ1) is 5.86. The molecule has 1 amide bonds. The lowest BCUT2D eigenvalue weighted by atomic mass is 10.2. The van der Waals surface area contributed by atoms with Crippen molar-refractivity contribution in [2.75, 3.05) is 0 Å². The molecule has 0 fully saturated rings. The van der Waals surface area contributed by atoms with Crippen LogP contribution in [0, 0.1) is 0 Å². The number of amides is 1. The third kappa shape index (κ3) is 3.50. The van der Waals surface area contributed by atoms with Crippen molar-refractivity contribution in [1.29, 1.82) is 0 Å². The van der Waals surface area contributed by atoms with Crippen molar-refractivity contribution in [1.82, 2.24) is 5.32 Å². The van der Waals surface area contributed by atoms with Crippen molar-refractivity contribution in [3.63, 3.8) is 0 Å². The van der Waals surface area contributed by atoms with Crippen molar-refractivity contribution < 1.29 is 19.5 Å². The zero-order valence-corrected chi connectivity index (χ0v) is 7.46. The Hall–Kier alpha value is -1.65. The summed E-state index contributed by atoms with van der Waals surface area (Å²) in [7, 11) is 0. The number of hydrogen-bond donors (Lipinski definition) is 2. The van der Waals surface area contributed by atoms with Crippen molar-refractivity contribution in [3.8, 4) is 0 Å². The maximum atomic E-state index is 10.9. The second-order valence-electron chi connectivity index (χ2n) is 2.64. The predicted molar refractivity (Wildman–Crippen MR) is 45.1 cm³/mol. The van der Waals surface area contributed by atoms with Gasteiger partial charge in [-0.05, 0) is 13.8 Å². The Bertz CT molecular complexity index is 255. The summed E-state index contributed by atoms with van der Waals surface area (Å²) in [5, 5.41) is 10.5. The zero-order valence-electron chi connectivity index (χ0n) is 7.46. The Morgan fingerprint density at radius 3 is 2.00 bits per heavy atom. The van der Waals surface area contributed by atoms with E-state index in [1.807, 2.05) is 5.32 Å². The van der Waals surface area contributed by atoms with E-state index >= 15 is 0 Å². The van der Waals surface area contributed by atoms with E-state index in [0.717, 1.165) is 6.92 Å². The van der Waals surface area contributed by atoms with E-state index in [9.17, 15) is 14.4 Å². The van der Waals surface area contributed by atoms with Crippen LogP contribution in [0.5, 0.6) is 0 Å². The Morgan fingerprint density at radius 1 is 1.31 bits per heavy atom. The first kappa shape index (κ1) is 11.4. The zero-order chi connectivity index (χ0) is 10.6. The maximum Gasteiger partial charge on any atom is 0.334 e. The van der Waals surface area contributed by atoms with Gasteiger partial charge >= 0.3 is 5.97 Å². The normalized spacial score (nSPS) is 11.5. The molecule has 0 saturated heterocycles. The van der Waals surface area contributed by atoms with E-state index in [-0.39, 0.29) is 5.57 Å². The summed E-state index contributed by atoms with van der Waals surface area (Å²) in [6.07, 6.45) is 0. The van der Waals surface area contributed by atoms with Crippen LogP contribution in [0.3, 0.4) is 0 Å². The molecule has 0 bridgehead atoms. The molecule has 0 aromatic heterocycles. The molecule has 5 heteroatoms. The molecule has 0 aliphatic carbocycles. The molecule has 2 N–H and O–H groups in total. The Labute approximate surface area is 75.4 Å². The molecule has 13 heavy (non-hydrogen) atoms. The monoisotopic (exact) mass is 185 g/mol. The van der Waals surface area contributed by atoms with E-state index in [1.54, 1.807) is 0 Å². The highest BCUT2D eigenvalue weighted by atomic mass is 16.4. The molecule has 0 aromatic carbocycles. The lowest BCUT2D eigenvalue weighted by Crippen LogP contribution is -2.45.